The maximum absolute atomic E-state index is 12.2. The lowest BCUT2D eigenvalue weighted by Crippen LogP contribution is -2.54. The number of rotatable bonds is 3. The number of anilines is 1. The van der Waals surface area contributed by atoms with Gasteiger partial charge in [0.2, 0.25) is 0 Å². The van der Waals surface area contributed by atoms with Gasteiger partial charge in [-0.2, -0.15) is 8.42 Å². The predicted octanol–water partition coefficient (Wildman–Crippen LogP) is 1.40. The van der Waals surface area contributed by atoms with Crippen LogP contribution in [0.4, 0.5) is 5.69 Å². The van der Waals surface area contributed by atoms with Crippen LogP contribution in [-0.4, -0.2) is 18.4 Å². The van der Waals surface area contributed by atoms with E-state index in [1.165, 1.54) is 6.20 Å². The van der Waals surface area contributed by atoms with E-state index in [1.54, 1.807) is 49.4 Å². The van der Waals surface area contributed by atoms with E-state index in [-0.39, 0.29) is 0 Å². The SMILES string of the molecule is CC1(N)C=CC=CN1S(=O)(=O)Nc1ccccc1. The van der Waals surface area contributed by atoms with Crippen molar-refractivity contribution in [2.45, 2.75) is 12.6 Å². The standard InChI is InChI=1S/C12H15N3O2S/c1-12(13)9-5-6-10-15(12)18(16,17)14-11-7-3-2-4-8-11/h2-10,14H,13H2,1H3. The average Bonchev–Trinajstić information content (AvgIpc) is 2.28. The van der Waals surface area contributed by atoms with E-state index in [0.717, 1.165) is 4.31 Å². The summed E-state index contributed by atoms with van der Waals surface area (Å²) in [6.45, 7) is 1.62. The van der Waals surface area contributed by atoms with E-state index in [9.17, 15) is 8.42 Å². The average molecular weight is 265 g/mol. The largest absolute Gasteiger partial charge is 0.325 e. The highest BCUT2D eigenvalue weighted by Crippen LogP contribution is 2.21. The van der Waals surface area contributed by atoms with Crippen molar-refractivity contribution in [3.05, 3.63) is 54.8 Å². The molecule has 1 heterocycles. The highest BCUT2D eigenvalue weighted by molar-refractivity contribution is 7.90. The molecule has 0 saturated carbocycles. The van der Waals surface area contributed by atoms with Gasteiger partial charge in [-0.15, -0.1) is 0 Å². The summed E-state index contributed by atoms with van der Waals surface area (Å²) in [5.74, 6) is 0. The number of hydrogen-bond donors (Lipinski definition) is 2. The minimum Gasteiger partial charge on any atom is -0.305 e. The molecule has 96 valence electrons. The smallest absolute Gasteiger partial charge is 0.305 e. The first-order valence-corrected chi connectivity index (χ1v) is 6.88. The van der Waals surface area contributed by atoms with Crippen molar-refractivity contribution in [3.63, 3.8) is 0 Å². The maximum atomic E-state index is 12.2. The van der Waals surface area contributed by atoms with Crippen molar-refractivity contribution < 1.29 is 8.42 Å². The van der Waals surface area contributed by atoms with Gasteiger partial charge < -0.3 is 5.73 Å². The molecular weight excluding hydrogens is 250 g/mol. The molecule has 1 aliphatic rings. The Morgan fingerprint density at radius 2 is 1.89 bits per heavy atom. The Kier molecular flexibility index (Phi) is 3.14. The second-order valence-electron chi connectivity index (χ2n) is 4.20. The lowest BCUT2D eigenvalue weighted by molar-refractivity contribution is 0.339. The molecule has 0 aliphatic carbocycles. The summed E-state index contributed by atoms with van der Waals surface area (Å²) in [7, 11) is -3.72. The van der Waals surface area contributed by atoms with E-state index in [2.05, 4.69) is 4.72 Å². The molecule has 1 atom stereocenters. The van der Waals surface area contributed by atoms with Gasteiger partial charge in [0.25, 0.3) is 0 Å². The Labute approximate surface area is 107 Å². The van der Waals surface area contributed by atoms with Gasteiger partial charge in [-0.25, -0.2) is 4.31 Å². The number of allylic oxidation sites excluding steroid dienone is 2. The Bertz CT molecular complexity index is 577. The molecule has 0 bridgehead atoms. The Morgan fingerprint density at radius 1 is 1.22 bits per heavy atom. The van der Waals surface area contributed by atoms with Crippen molar-refractivity contribution in [2.24, 2.45) is 5.73 Å². The Balaban J connectivity index is 2.27. The molecule has 1 aromatic carbocycles. The van der Waals surface area contributed by atoms with Gasteiger partial charge in [-0.3, -0.25) is 4.72 Å². The highest BCUT2D eigenvalue weighted by atomic mass is 32.2. The molecule has 1 aliphatic heterocycles. The van der Waals surface area contributed by atoms with E-state index in [4.69, 9.17) is 5.73 Å². The van der Waals surface area contributed by atoms with Crippen LogP contribution in [0.2, 0.25) is 0 Å². The molecular formula is C12H15N3O2S. The maximum Gasteiger partial charge on any atom is 0.325 e. The molecule has 0 saturated heterocycles. The minimum absolute atomic E-state index is 0.497. The third-order valence-corrected chi connectivity index (χ3v) is 4.05. The number of nitrogens with two attached hydrogens (primary N) is 1. The van der Waals surface area contributed by atoms with Crippen LogP contribution in [0.5, 0.6) is 0 Å². The molecule has 1 unspecified atom stereocenters. The van der Waals surface area contributed by atoms with Gasteiger partial charge in [0.05, 0.1) is 5.69 Å². The summed E-state index contributed by atoms with van der Waals surface area (Å²) in [5.41, 5.74) is 5.35. The van der Waals surface area contributed by atoms with Crippen LogP contribution in [-0.2, 0) is 10.2 Å². The predicted molar refractivity (Wildman–Crippen MR) is 71.7 cm³/mol. The van der Waals surface area contributed by atoms with Crippen LogP contribution < -0.4 is 10.5 Å². The molecule has 6 heteroatoms. The van der Waals surface area contributed by atoms with Gasteiger partial charge in [-0.1, -0.05) is 24.3 Å². The lowest BCUT2D eigenvalue weighted by Gasteiger charge is -2.35. The van der Waals surface area contributed by atoms with Crippen LogP contribution >= 0.6 is 0 Å². The minimum atomic E-state index is -3.72. The summed E-state index contributed by atoms with van der Waals surface area (Å²) >= 11 is 0. The van der Waals surface area contributed by atoms with Crippen molar-refractivity contribution in [1.29, 1.82) is 0 Å². The van der Waals surface area contributed by atoms with Crippen LogP contribution in [0, 0.1) is 0 Å². The first-order valence-electron chi connectivity index (χ1n) is 5.44. The van der Waals surface area contributed by atoms with Crippen molar-refractivity contribution in [2.75, 3.05) is 4.72 Å². The third-order valence-electron chi connectivity index (χ3n) is 2.52. The molecule has 5 nitrogen and oxygen atoms in total. The monoisotopic (exact) mass is 265 g/mol. The topological polar surface area (TPSA) is 75.4 Å². The normalized spacial score (nSPS) is 23.1. The van der Waals surface area contributed by atoms with Crippen LogP contribution in [0.15, 0.2) is 54.8 Å². The Morgan fingerprint density at radius 3 is 2.50 bits per heavy atom. The fourth-order valence-corrected chi connectivity index (χ4v) is 3.00. The summed E-state index contributed by atoms with van der Waals surface area (Å²) in [5, 5.41) is 0. The van der Waals surface area contributed by atoms with Gasteiger partial charge in [-0.05, 0) is 31.2 Å². The molecule has 0 amide bonds. The molecule has 3 N–H and O–H groups in total. The number of nitrogens with zero attached hydrogens (tertiary/aromatic N) is 1. The Hall–Kier alpha value is -1.79. The molecule has 0 aromatic heterocycles. The highest BCUT2D eigenvalue weighted by Gasteiger charge is 2.33. The quantitative estimate of drug-likeness (QED) is 0.867. The summed E-state index contributed by atoms with van der Waals surface area (Å²) in [4.78, 5) is 0. The number of para-hydroxylation sites is 1. The second kappa shape index (κ2) is 4.47. The van der Waals surface area contributed by atoms with Crippen LogP contribution in [0.3, 0.4) is 0 Å². The first-order chi connectivity index (χ1) is 8.42. The molecule has 1 aromatic rings. The number of hydrogen-bond acceptors (Lipinski definition) is 3. The van der Waals surface area contributed by atoms with Crippen LogP contribution in [0.25, 0.3) is 0 Å². The third kappa shape index (κ3) is 2.55. The van der Waals surface area contributed by atoms with Crippen molar-refractivity contribution >= 4 is 15.9 Å². The molecule has 18 heavy (non-hydrogen) atoms. The molecule has 0 spiro atoms. The van der Waals surface area contributed by atoms with Gasteiger partial charge in [0, 0.05) is 6.20 Å². The van der Waals surface area contributed by atoms with Crippen molar-refractivity contribution in [3.8, 4) is 0 Å². The molecule has 0 fully saturated rings. The second-order valence-corrected chi connectivity index (χ2v) is 5.74. The molecule has 2 rings (SSSR count). The summed E-state index contributed by atoms with van der Waals surface area (Å²) < 4.78 is 28.0. The number of benzene rings is 1. The first kappa shape index (κ1) is 12.7. The fourth-order valence-electron chi connectivity index (χ4n) is 1.66. The fraction of sp³-hybridized carbons (Fsp3) is 0.167. The lowest BCUT2D eigenvalue weighted by atomic mass is 10.1. The van der Waals surface area contributed by atoms with Crippen LogP contribution in [0.1, 0.15) is 6.92 Å². The van der Waals surface area contributed by atoms with Gasteiger partial charge in [0.15, 0.2) is 0 Å². The van der Waals surface area contributed by atoms with Crippen molar-refractivity contribution in [1.82, 2.24) is 4.31 Å². The van der Waals surface area contributed by atoms with E-state index < -0.39 is 15.9 Å². The molecule has 0 radical (unpaired) electrons. The van der Waals surface area contributed by atoms with E-state index >= 15 is 0 Å². The summed E-state index contributed by atoms with van der Waals surface area (Å²) in [6, 6.07) is 8.68. The zero-order chi connectivity index (χ0) is 13.2. The summed E-state index contributed by atoms with van der Waals surface area (Å²) in [6.07, 6.45) is 6.40. The zero-order valence-electron chi connectivity index (χ0n) is 9.95. The van der Waals surface area contributed by atoms with Gasteiger partial charge >= 0.3 is 10.2 Å². The van der Waals surface area contributed by atoms with E-state index in [1.807, 2.05) is 6.07 Å². The number of nitrogens with one attached hydrogen (secondary N) is 1. The van der Waals surface area contributed by atoms with E-state index in [0.29, 0.717) is 5.69 Å². The van der Waals surface area contributed by atoms with Gasteiger partial charge in [0.1, 0.15) is 5.66 Å². The zero-order valence-corrected chi connectivity index (χ0v) is 10.8.